The van der Waals surface area contributed by atoms with Crippen LogP contribution in [-0.4, -0.2) is 32.9 Å². The number of nitrogens with zero attached hydrogens (tertiary/aromatic N) is 1. The van der Waals surface area contributed by atoms with Crippen molar-refractivity contribution in [3.8, 4) is 5.75 Å². The molecule has 0 aliphatic carbocycles. The van der Waals surface area contributed by atoms with Gasteiger partial charge in [0.1, 0.15) is 5.75 Å². The third kappa shape index (κ3) is 5.62. The van der Waals surface area contributed by atoms with Gasteiger partial charge in [0.05, 0.1) is 9.82 Å². The third-order valence-corrected chi connectivity index (χ3v) is 5.56. The molecule has 9 nitrogen and oxygen atoms in total. The van der Waals surface area contributed by atoms with Gasteiger partial charge in [0.25, 0.3) is 11.6 Å². The highest BCUT2D eigenvalue weighted by Crippen LogP contribution is 2.25. The summed E-state index contributed by atoms with van der Waals surface area (Å²) >= 11 is 0. The van der Waals surface area contributed by atoms with E-state index in [0.29, 0.717) is 29.0 Å². The van der Waals surface area contributed by atoms with Crippen molar-refractivity contribution in [3.05, 3.63) is 70.3 Å². The molecule has 2 N–H and O–H groups in total. The maximum Gasteiger partial charge on any atom is 0.269 e. The number of nitro benzene ring substituents is 1. The summed E-state index contributed by atoms with van der Waals surface area (Å²) in [5.74, 6) is -0.183. The van der Waals surface area contributed by atoms with E-state index < -0.39 is 20.9 Å². The van der Waals surface area contributed by atoms with E-state index in [1.165, 1.54) is 31.3 Å². The Balaban J connectivity index is 2.12. The number of carbonyl (C=O) groups is 1. The molecule has 10 heteroatoms. The van der Waals surface area contributed by atoms with Crippen LogP contribution in [0.1, 0.15) is 11.1 Å². The molecule has 154 valence electrons. The second kappa shape index (κ2) is 9.30. The Bertz CT molecular complexity index is 1050. The number of rotatable bonds is 9. The maximum absolute atomic E-state index is 12.2. The molecular formula is C19H21N3O6S. The molecular weight excluding hydrogens is 398 g/mol. The number of sulfonamides is 1. The number of hydrogen-bond acceptors (Lipinski definition) is 6. The summed E-state index contributed by atoms with van der Waals surface area (Å²) in [6, 6.07) is 8.59. The van der Waals surface area contributed by atoms with E-state index >= 15 is 0 Å². The van der Waals surface area contributed by atoms with E-state index in [2.05, 4.69) is 16.6 Å². The smallest absolute Gasteiger partial charge is 0.269 e. The van der Waals surface area contributed by atoms with E-state index in [-0.39, 0.29) is 17.2 Å². The molecule has 29 heavy (non-hydrogen) atoms. The molecule has 0 heterocycles. The second-order valence-corrected chi connectivity index (χ2v) is 7.92. The lowest BCUT2D eigenvalue weighted by atomic mass is 10.1. The monoisotopic (exact) mass is 419 g/mol. The lowest BCUT2D eigenvalue weighted by molar-refractivity contribution is -0.384. The van der Waals surface area contributed by atoms with Crippen LogP contribution >= 0.6 is 0 Å². The summed E-state index contributed by atoms with van der Waals surface area (Å²) in [6.45, 7) is 4.90. The van der Waals surface area contributed by atoms with Crippen molar-refractivity contribution in [2.75, 3.05) is 19.0 Å². The Hall–Kier alpha value is -3.24. The van der Waals surface area contributed by atoms with Gasteiger partial charge in [0, 0.05) is 23.4 Å². The van der Waals surface area contributed by atoms with E-state index in [1.54, 1.807) is 25.1 Å². The van der Waals surface area contributed by atoms with Crippen molar-refractivity contribution in [2.45, 2.75) is 18.2 Å². The molecule has 0 saturated heterocycles. The van der Waals surface area contributed by atoms with Crippen molar-refractivity contribution < 1.29 is 22.9 Å². The fourth-order valence-electron chi connectivity index (χ4n) is 2.55. The minimum atomic E-state index is -3.66. The van der Waals surface area contributed by atoms with Gasteiger partial charge in [-0.1, -0.05) is 12.1 Å². The summed E-state index contributed by atoms with van der Waals surface area (Å²) in [5.41, 5.74) is 1.28. The molecule has 0 saturated carbocycles. The maximum atomic E-state index is 12.2. The number of amides is 1. The molecule has 2 rings (SSSR count). The summed E-state index contributed by atoms with van der Waals surface area (Å²) in [7, 11) is -2.36. The largest absolute Gasteiger partial charge is 0.483 e. The Morgan fingerprint density at radius 3 is 2.62 bits per heavy atom. The molecule has 0 bridgehead atoms. The first-order valence-corrected chi connectivity index (χ1v) is 10.0. The Morgan fingerprint density at radius 1 is 1.28 bits per heavy atom. The molecule has 0 fully saturated rings. The van der Waals surface area contributed by atoms with Crippen molar-refractivity contribution in [2.24, 2.45) is 0 Å². The third-order valence-electron chi connectivity index (χ3n) is 4.01. The Kier molecular flexibility index (Phi) is 7.08. The van der Waals surface area contributed by atoms with E-state index in [1.807, 2.05) is 0 Å². The zero-order chi connectivity index (χ0) is 21.6. The number of carbonyl (C=O) groups excluding carboxylic acids is 1. The van der Waals surface area contributed by atoms with Crippen LogP contribution in [0.3, 0.4) is 0 Å². The molecule has 0 aliphatic heterocycles. The van der Waals surface area contributed by atoms with Crippen LogP contribution in [0.25, 0.3) is 0 Å². The number of allylic oxidation sites excluding steroid dienone is 1. The number of hydrogen-bond donors (Lipinski definition) is 2. The quantitative estimate of drug-likeness (QED) is 0.365. The fourth-order valence-corrected chi connectivity index (χ4v) is 3.55. The minimum absolute atomic E-state index is 0.0577. The van der Waals surface area contributed by atoms with E-state index in [4.69, 9.17) is 4.74 Å². The average Bonchev–Trinajstić information content (AvgIpc) is 2.68. The summed E-state index contributed by atoms with van der Waals surface area (Å²) in [6.07, 6.45) is 1.91. The van der Waals surface area contributed by atoms with Crippen LogP contribution in [0, 0.1) is 17.0 Å². The second-order valence-electron chi connectivity index (χ2n) is 6.07. The zero-order valence-electron chi connectivity index (χ0n) is 16.0. The topological polar surface area (TPSA) is 128 Å². The van der Waals surface area contributed by atoms with Gasteiger partial charge in [-0.15, -0.1) is 6.58 Å². The Labute approximate surface area is 168 Å². The Morgan fingerprint density at radius 2 is 2.00 bits per heavy atom. The normalized spacial score (nSPS) is 11.0. The molecule has 0 spiro atoms. The van der Waals surface area contributed by atoms with Gasteiger partial charge in [-0.25, -0.2) is 13.1 Å². The van der Waals surface area contributed by atoms with Gasteiger partial charge in [0.15, 0.2) is 6.61 Å². The molecule has 0 radical (unpaired) electrons. The van der Waals surface area contributed by atoms with Crippen molar-refractivity contribution >= 4 is 27.3 Å². The molecule has 1 amide bonds. The lowest BCUT2D eigenvalue weighted by Gasteiger charge is -2.12. The number of benzene rings is 2. The standard InChI is InChI=1S/C19H21N3O6S/c1-4-5-14-10-16(22(24)25)8-9-17(14)28-12-19(23)21-15-7-6-13(2)18(11-15)29(26,27)20-3/h4,6-11,20H,1,5,12H2,2-3H3,(H,21,23). The van der Waals surface area contributed by atoms with E-state index in [0.717, 1.165) is 0 Å². The molecule has 0 aromatic heterocycles. The number of anilines is 1. The predicted octanol–water partition coefficient (Wildman–Crippen LogP) is 2.56. The SMILES string of the molecule is C=CCc1cc([N+](=O)[O-])ccc1OCC(=O)Nc1ccc(C)c(S(=O)(=O)NC)c1. The number of nitrogens with one attached hydrogen (secondary N) is 2. The number of aryl methyl sites for hydroxylation is 1. The van der Waals surface area contributed by atoms with Crippen molar-refractivity contribution in [3.63, 3.8) is 0 Å². The summed E-state index contributed by atoms with van der Waals surface area (Å²) < 4.78 is 31.8. The van der Waals surface area contributed by atoms with Crippen LogP contribution in [0.5, 0.6) is 5.75 Å². The first-order chi connectivity index (χ1) is 13.7. The van der Waals surface area contributed by atoms with Crippen LogP contribution < -0.4 is 14.8 Å². The lowest BCUT2D eigenvalue weighted by Crippen LogP contribution is -2.22. The van der Waals surface area contributed by atoms with E-state index in [9.17, 15) is 23.3 Å². The first-order valence-electron chi connectivity index (χ1n) is 8.53. The minimum Gasteiger partial charge on any atom is -0.483 e. The molecule has 0 unspecified atom stereocenters. The predicted molar refractivity (Wildman–Crippen MR) is 109 cm³/mol. The van der Waals surface area contributed by atoms with Crippen molar-refractivity contribution in [1.82, 2.24) is 4.72 Å². The number of non-ortho nitro benzene ring substituents is 1. The van der Waals surface area contributed by atoms with Gasteiger partial charge in [-0.05, 0) is 44.2 Å². The summed E-state index contributed by atoms with van der Waals surface area (Å²) in [4.78, 5) is 22.7. The van der Waals surface area contributed by atoms with Crippen molar-refractivity contribution in [1.29, 1.82) is 0 Å². The number of nitro groups is 1. The van der Waals surface area contributed by atoms with Gasteiger partial charge in [0.2, 0.25) is 10.0 Å². The highest BCUT2D eigenvalue weighted by Gasteiger charge is 2.16. The van der Waals surface area contributed by atoms with Crippen LogP contribution in [0.15, 0.2) is 53.9 Å². The highest BCUT2D eigenvalue weighted by atomic mass is 32.2. The highest BCUT2D eigenvalue weighted by molar-refractivity contribution is 7.89. The average molecular weight is 419 g/mol. The van der Waals surface area contributed by atoms with Crippen LogP contribution in [0.4, 0.5) is 11.4 Å². The van der Waals surface area contributed by atoms with Gasteiger partial charge >= 0.3 is 0 Å². The fraction of sp³-hybridized carbons (Fsp3) is 0.211. The number of ether oxygens (including phenoxy) is 1. The van der Waals surface area contributed by atoms with Gasteiger partial charge in [-0.3, -0.25) is 14.9 Å². The van der Waals surface area contributed by atoms with Crippen LogP contribution in [-0.2, 0) is 21.2 Å². The zero-order valence-corrected chi connectivity index (χ0v) is 16.8. The molecule has 0 atom stereocenters. The van der Waals surface area contributed by atoms with Gasteiger partial charge < -0.3 is 10.1 Å². The molecule has 2 aromatic carbocycles. The molecule has 0 aliphatic rings. The van der Waals surface area contributed by atoms with Gasteiger partial charge in [-0.2, -0.15) is 0 Å². The summed E-state index contributed by atoms with van der Waals surface area (Å²) in [5, 5.41) is 13.5. The first kappa shape index (κ1) is 22.1. The molecule has 2 aromatic rings. The van der Waals surface area contributed by atoms with Crippen LogP contribution in [0.2, 0.25) is 0 Å².